The van der Waals surface area contributed by atoms with Crippen LogP contribution in [0, 0.1) is 26.2 Å². The van der Waals surface area contributed by atoms with Crippen molar-refractivity contribution in [2.45, 2.75) is 32.9 Å². The van der Waals surface area contributed by atoms with Gasteiger partial charge in [0.1, 0.15) is 18.5 Å². The first-order valence-corrected chi connectivity index (χ1v) is 6.10. The fraction of sp³-hybridized carbons (Fsp3) is 0.467. The molecule has 0 heterocycles. The Bertz CT molecular complexity index is 403. The van der Waals surface area contributed by atoms with Crippen LogP contribution in [0.15, 0.2) is 18.2 Å². The van der Waals surface area contributed by atoms with E-state index in [2.05, 4.69) is 17.3 Å². The predicted octanol–water partition coefficient (Wildman–Crippen LogP) is 1.65. The lowest BCUT2D eigenvalue weighted by Crippen LogP contribution is -2.35. The summed E-state index contributed by atoms with van der Waals surface area (Å²) in [4.78, 5) is 0. The van der Waals surface area contributed by atoms with Gasteiger partial charge in [-0.25, -0.2) is 0 Å². The Morgan fingerprint density at radius 1 is 1.33 bits per heavy atom. The van der Waals surface area contributed by atoms with E-state index in [1.807, 2.05) is 32.9 Å². The van der Waals surface area contributed by atoms with E-state index < -0.39 is 6.10 Å². The molecule has 2 unspecified atom stereocenters. The molecule has 0 saturated carbocycles. The van der Waals surface area contributed by atoms with Crippen LogP contribution >= 0.6 is 0 Å². The van der Waals surface area contributed by atoms with E-state index in [1.165, 1.54) is 0 Å². The van der Waals surface area contributed by atoms with Crippen molar-refractivity contribution in [2.24, 2.45) is 0 Å². The van der Waals surface area contributed by atoms with Gasteiger partial charge in [-0.1, -0.05) is 12.0 Å². The zero-order chi connectivity index (χ0) is 13.5. The molecule has 18 heavy (non-hydrogen) atoms. The standard InChI is InChI=1S/C15H21NO2/c1-5-13(4)16-9-14(17)10-18-15-7-11(2)6-12(3)8-15/h1,6-8,13-14,16-17H,9-10H2,2-4H3. The lowest BCUT2D eigenvalue weighted by molar-refractivity contribution is 0.105. The molecule has 0 amide bonds. The summed E-state index contributed by atoms with van der Waals surface area (Å²) in [6.45, 7) is 6.60. The number of terminal acetylenes is 1. The van der Waals surface area contributed by atoms with Gasteiger partial charge in [-0.3, -0.25) is 0 Å². The molecule has 2 atom stereocenters. The average molecular weight is 247 g/mol. The van der Waals surface area contributed by atoms with Gasteiger partial charge in [0.15, 0.2) is 0 Å². The maximum Gasteiger partial charge on any atom is 0.119 e. The van der Waals surface area contributed by atoms with Gasteiger partial charge in [-0.05, 0) is 44.0 Å². The maximum atomic E-state index is 9.74. The van der Waals surface area contributed by atoms with E-state index in [1.54, 1.807) is 0 Å². The number of rotatable bonds is 6. The number of ether oxygens (including phenoxy) is 1. The number of hydrogen-bond donors (Lipinski definition) is 2. The molecule has 3 nitrogen and oxygen atoms in total. The lowest BCUT2D eigenvalue weighted by atomic mass is 10.1. The van der Waals surface area contributed by atoms with Crippen molar-refractivity contribution in [3.8, 4) is 18.1 Å². The molecular formula is C15H21NO2. The summed E-state index contributed by atoms with van der Waals surface area (Å²) < 4.78 is 5.55. The molecule has 1 aromatic carbocycles. The van der Waals surface area contributed by atoms with Crippen molar-refractivity contribution in [3.63, 3.8) is 0 Å². The molecule has 0 aliphatic rings. The third-order valence-corrected chi connectivity index (χ3v) is 2.55. The Hall–Kier alpha value is -1.50. The Morgan fingerprint density at radius 3 is 2.50 bits per heavy atom. The molecule has 98 valence electrons. The Kier molecular flexibility index (Phi) is 5.70. The zero-order valence-electron chi connectivity index (χ0n) is 11.2. The van der Waals surface area contributed by atoms with Crippen molar-refractivity contribution >= 4 is 0 Å². The first kappa shape index (κ1) is 14.6. The smallest absolute Gasteiger partial charge is 0.119 e. The van der Waals surface area contributed by atoms with Gasteiger partial charge >= 0.3 is 0 Å². The molecule has 1 rings (SSSR count). The molecule has 0 radical (unpaired) electrons. The van der Waals surface area contributed by atoms with Gasteiger partial charge in [0, 0.05) is 6.54 Å². The molecule has 2 N–H and O–H groups in total. The van der Waals surface area contributed by atoms with E-state index in [-0.39, 0.29) is 12.6 Å². The number of aliphatic hydroxyl groups is 1. The predicted molar refractivity (Wildman–Crippen MR) is 73.7 cm³/mol. The van der Waals surface area contributed by atoms with E-state index >= 15 is 0 Å². The summed E-state index contributed by atoms with van der Waals surface area (Å²) >= 11 is 0. The zero-order valence-corrected chi connectivity index (χ0v) is 11.2. The van der Waals surface area contributed by atoms with Gasteiger partial charge in [0.25, 0.3) is 0 Å². The minimum atomic E-state index is -0.568. The number of aryl methyl sites for hydroxylation is 2. The third kappa shape index (κ3) is 5.22. The van der Waals surface area contributed by atoms with Crippen LogP contribution in [0.4, 0.5) is 0 Å². The first-order chi connectivity index (χ1) is 8.51. The van der Waals surface area contributed by atoms with Crippen LogP contribution in [0.1, 0.15) is 18.1 Å². The summed E-state index contributed by atoms with van der Waals surface area (Å²) in [5, 5.41) is 12.8. The third-order valence-electron chi connectivity index (χ3n) is 2.55. The summed E-state index contributed by atoms with van der Waals surface area (Å²) in [5.41, 5.74) is 2.30. The van der Waals surface area contributed by atoms with Crippen LogP contribution in [0.5, 0.6) is 5.75 Å². The highest BCUT2D eigenvalue weighted by Crippen LogP contribution is 2.16. The topological polar surface area (TPSA) is 41.5 Å². The van der Waals surface area contributed by atoms with E-state index in [9.17, 15) is 5.11 Å². The molecule has 0 aliphatic heterocycles. The van der Waals surface area contributed by atoms with Crippen molar-refractivity contribution < 1.29 is 9.84 Å². The van der Waals surface area contributed by atoms with Gasteiger partial charge < -0.3 is 15.2 Å². The highest BCUT2D eigenvalue weighted by molar-refractivity contribution is 5.32. The largest absolute Gasteiger partial charge is 0.491 e. The maximum absolute atomic E-state index is 9.74. The van der Waals surface area contributed by atoms with E-state index in [0.717, 1.165) is 16.9 Å². The fourth-order valence-electron chi connectivity index (χ4n) is 1.64. The second kappa shape index (κ2) is 7.05. The van der Waals surface area contributed by atoms with Gasteiger partial charge in [0.05, 0.1) is 6.04 Å². The average Bonchev–Trinajstić information content (AvgIpc) is 2.32. The fourth-order valence-corrected chi connectivity index (χ4v) is 1.64. The lowest BCUT2D eigenvalue weighted by Gasteiger charge is -2.15. The number of aliphatic hydroxyl groups excluding tert-OH is 1. The summed E-state index contributed by atoms with van der Waals surface area (Å²) in [5.74, 6) is 3.33. The SMILES string of the molecule is C#CC(C)NCC(O)COc1cc(C)cc(C)c1. The van der Waals surface area contributed by atoms with Crippen LogP contribution in [0.3, 0.4) is 0 Å². The van der Waals surface area contributed by atoms with E-state index in [4.69, 9.17) is 11.2 Å². The van der Waals surface area contributed by atoms with Crippen LogP contribution < -0.4 is 10.1 Å². The quantitative estimate of drug-likeness (QED) is 0.751. The van der Waals surface area contributed by atoms with Crippen LogP contribution in [0.2, 0.25) is 0 Å². The minimum absolute atomic E-state index is 0.0409. The molecule has 1 aromatic rings. The molecule has 0 aromatic heterocycles. The highest BCUT2D eigenvalue weighted by Gasteiger charge is 2.07. The monoisotopic (exact) mass is 247 g/mol. The van der Waals surface area contributed by atoms with Gasteiger partial charge in [0.2, 0.25) is 0 Å². The van der Waals surface area contributed by atoms with Gasteiger partial charge in [-0.2, -0.15) is 0 Å². The number of benzene rings is 1. The molecule has 0 aliphatic carbocycles. The first-order valence-electron chi connectivity index (χ1n) is 6.10. The molecule has 3 heteroatoms. The Balaban J connectivity index is 2.38. The van der Waals surface area contributed by atoms with Crippen LogP contribution in [-0.4, -0.2) is 30.4 Å². The van der Waals surface area contributed by atoms with Crippen molar-refractivity contribution in [1.82, 2.24) is 5.32 Å². The van der Waals surface area contributed by atoms with Crippen LogP contribution in [-0.2, 0) is 0 Å². The van der Waals surface area contributed by atoms with Crippen molar-refractivity contribution in [3.05, 3.63) is 29.3 Å². The summed E-state index contributed by atoms with van der Waals surface area (Å²) in [6, 6.07) is 5.95. The second-order valence-electron chi connectivity index (χ2n) is 4.58. The van der Waals surface area contributed by atoms with E-state index in [0.29, 0.717) is 6.54 Å². The molecule has 0 spiro atoms. The van der Waals surface area contributed by atoms with Crippen LogP contribution in [0.25, 0.3) is 0 Å². The number of nitrogens with one attached hydrogen (secondary N) is 1. The Morgan fingerprint density at radius 2 is 1.94 bits per heavy atom. The normalized spacial score (nSPS) is 13.7. The van der Waals surface area contributed by atoms with Crippen molar-refractivity contribution in [2.75, 3.05) is 13.2 Å². The summed E-state index contributed by atoms with van der Waals surface area (Å²) in [7, 11) is 0. The molecule has 0 saturated heterocycles. The molecule has 0 bridgehead atoms. The highest BCUT2D eigenvalue weighted by atomic mass is 16.5. The van der Waals surface area contributed by atoms with Crippen molar-refractivity contribution in [1.29, 1.82) is 0 Å². The second-order valence-corrected chi connectivity index (χ2v) is 4.58. The number of hydrogen-bond acceptors (Lipinski definition) is 3. The Labute approximate surface area is 109 Å². The molecular weight excluding hydrogens is 226 g/mol. The summed E-state index contributed by atoms with van der Waals surface area (Å²) in [6.07, 6.45) is 4.66. The van der Waals surface area contributed by atoms with Gasteiger partial charge in [-0.15, -0.1) is 6.42 Å². The minimum Gasteiger partial charge on any atom is -0.491 e. The molecule has 0 fully saturated rings.